The zero-order valence-electron chi connectivity index (χ0n) is 17.9. The number of sulfonamides is 1. The summed E-state index contributed by atoms with van der Waals surface area (Å²) in [6.07, 6.45) is 5.28. The number of amides is 1. The van der Waals surface area contributed by atoms with Crippen LogP contribution in [0.4, 0.5) is 5.69 Å². The van der Waals surface area contributed by atoms with Crippen LogP contribution in [0.2, 0.25) is 0 Å². The van der Waals surface area contributed by atoms with Gasteiger partial charge in [0, 0.05) is 31.7 Å². The molecule has 1 aromatic carbocycles. The number of anilines is 1. The Morgan fingerprint density at radius 3 is 2.45 bits per heavy atom. The molecule has 29 heavy (non-hydrogen) atoms. The fourth-order valence-electron chi connectivity index (χ4n) is 6.03. The molecule has 1 aliphatic heterocycles. The van der Waals surface area contributed by atoms with Crippen LogP contribution in [-0.4, -0.2) is 44.8 Å². The minimum atomic E-state index is -3.62. The van der Waals surface area contributed by atoms with Gasteiger partial charge < -0.3 is 10.6 Å². The first-order valence-corrected chi connectivity index (χ1v) is 12.2. The summed E-state index contributed by atoms with van der Waals surface area (Å²) in [5.41, 5.74) is 1.11. The third-order valence-corrected chi connectivity index (χ3v) is 9.68. The highest BCUT2D eigenvalue weighted by atomic mass is 32.2. The molecule has 2 aliphatic carbocycles. The van der Waals surface area contributed by atoms with Gasteiger partial charge in [0.05, 0.1) is 5.69 Å². The Morgan fingerprint density at radius 1 is 1.17 bits per heavy atom. The molecule has 3 aliphatic rings. The summed E-state index contributed by atoms with van der Waals surface area (Å²) in [5.74, 6) is 0.452. The molecule has 2 bridgehead atoms. The van der Waals surface area contributed by atoms with E-state index in [0.29, 0.717) is 30.3 Å². The molecule has 6 nitrogen and oxygen atoms in total. The number of carbonyl (C=O) groups is 1. The van der Waals surface area contributed by atoms with Crippen molar-refractivity contribution < 1.29 is 13.2 Å². The molecule has 0 spiro atoms. The predicted octanol–water partition coefficient (Wildman–Crippen LogP) is 3.46. The highest BCUT2D eigenvalue weighted by molar-refractivity contribution is 7.89. The van der Waals surface area contributed by atoms with Crippen molar-refractivity contribution >= 4 is 21.6 Å². The van der Waals surface area contributed by atoms with Gasteiger partial charge in [0.1, 0.15) is 4.90 Å². The molecular weight excluding hydrogens is 386 g/mol. The van der Waals surface area contributed by atoms with Crippen LogP contribution in [-0.2, 0) is 10.0 Å². The summed E-state index contributed by atoms with van der Waals surface area (Å²) in [6.45, 7) is 7.86. The largest absolute Gasteiger partial charge is 0.387 e. The molecule has 1 saturated heterocycles. The Morgan fingerprint density at radius 2 is 1.86 bits per heavy atom. The molecule has 0 radical (unpaired) electrons. The lowest BCUT2D eigenvalue weighted by Crippen LogP contribution is -2.52. The van der Waals surface area contributed by atoms with Gasteiger partial charge in [-0.15, -0.1) is 0 Å². The highest BCUT2D eigenvalue weighted by Gasteiger charge is 2.59. The van der Waals surface area contributed by atoms with Crippen molar-refractivity contribution in [3.05, 3.63) is 23.8 Å². The van der Waals surface area contributed by atoms with E-state index in [1.807, 2.05) is 0 Å². The van der Waals surface area contributed by atoms with Crippen LogP contribution >= 0.6 is 0 Å². The van der Waals surface area contributed by atoms with E-state index in [4.69, 9.17) is 0 Å². The fraction of sp³-hybridized carbons (Fsp3) is 0.682. The fourth-order valence-corrected chi connectivity index (χ4v) is 7.77. The van der Waals surface area contributed by atoms with Gasteiger partial charge >= 0.3 is 0 Å². The number of nitrogens with zero attached hydrogens (tertiary/aromatic N) is 1. The van der Waals surface area contributed by atoms with Crippen LogP contribution in [0.3, 0.4) is 0 Å². The number of fused-ring (bicyclic) bond motifs is 2. The van der Waals surface area contributed by atoms with Crippen LogP contribution in [0.1, 0.15) is 63.2 Å². The Kier molecular flexibility index (Phi) is 4.97. The molecule has 1 aromatic rings. The molecule has 7 heteroatoms. The first kappa shape index (κ1) is 20.7. The molecule has 3 fully saturated rings. The molecular formula is C22H33N3O3S. The van der Waals surface area contributed by atoms with Gasteiger partial charge in [0.15, 0.2) is 0 Å². The van der Waals surface area contributed by atoms with E-state index < -0.39 is 10.0 Å². The lowest BCUT2D eigenvalue weighted by molar-refractivity contribution is 0.0737. The van der Waals surface area contributed by atoms with Gasteiger partial charge in [-0.3, -0.25) is 4.79 Å². The second-order valence-corrected chi connectivity index (χ2v) is 11.8. The van der Waals surface area contributed by atoms with Crippen LogP contribution in [0.5, 0.6) is 0 Å². The van der Waals surface area contributed by atoms with Crippen molar-refractivity contribution in [2.75, 3.05) is 25.5 Å². The lowest BCUT2D eigenvalue weighted by Gasteiger charge is -2.43. The third-order valence-electron chi connectivity index (χ3n) is 7.74. The van der Waals surface area contributed by atoms with E-state index >= 15 is 0 Å². The normalized spacial score (nSPS) is 31.2. The molecule has 160 valence electrons. The molecule has 2 unspecified atom stereocenters. The van der Waals surface area contributed by atoms with E-state index in [1.54, 1.807) is 19.2 Å². The van der Waals surface area contributed by atoms with Crippen molar-refractivity contribution in [3.8, 4) is 0 Å². The molecule has 2 N–H and O–H groups in total. The maximum Gasteiger partial charge on any atom is 0.251 e. The topological polar surface area (TPSA) is 78.5 Å². The number of benzene rings is 1. The first-order chi connectivity index (χ1) is 13.6. The average molecular weight is 420 g/mol. The van der Waals surface area contributed by atoms with Crippen molar-refractivity contribution in [2.45, 2.75) is 63.8 Å². The van der Waals surface area contributed by atoms with Crippen molar-refractivity contribution in [3.63, 3.8) is 0 Å². The minimum absolute atomic E-state index is 0.0536. The molecule has 4 rings (SSSR count). The average Bonchev–Trinajstić information content (AvgIpc) is 3.39. The summed E-state index contributed by atoms with van der Waals surface area (Å²) < 4.78 is 27.8. The van der Waals surface area contributed by atoms with Crippen molar-refractivity contribution in [1.82, 2.24) is 9.62 Å². The number of hydrogen-bond acceptors (Lipinski definition) is 4. The highest BCUT2D eigenvalue weighted by Crippen LogP contribution is 2.62. The lowest BCUT2D eigenvalue weighted by atomic mass is 9.68. The SMILES string of the molecule is CNc1ccc(C(=O)NC2C3(C)CC[C@H](C3)C2(C)C)cc1S(=O)(=O)N1CCCC1. The Labute approximate surface area is 174 Å². The molecule has 2 saturated carbocycles. The van der Waals surface area contributed by atoms with Gasteiger partial charge in [0.25, 0.3) is 5.91 Å². The van der Waals surface area contributed by atoms with E-state index in [9.17, 15) is 13.2 Å². The third kappa shape index (κ3) is 3.26. The molecule has 1 heterocycles. The second kappa shape index (κ2) is 6.98. The summed E-state index contributed by atoms with van der Waals surface area (Å²) in [4.78, 5) is 13.4. The number of hydrogen-bond donors (Lipinski definition) is 2. The first-order valence-electron chi connectivity index (χ1n) is 10.7. The van der Waals surface area contributed by atoms with E-state index in [2.05, 4.69) is 31.4 Å². The van der Waals surface area contributed by atoms with E-state index in [-0.39, 0.29) is 27.7 Å². The molecule has 1 amide bonds. The van der Waals surface area contributed by atoms with Gasteiger partial charge in [-0.05, 0) is 67.1 Å². The monoisotopic (exact) mass is 419 g/mol. The van der Waals surface area contributed by atoms with Crippen LogP contribution in [0.15, 0.2) is 23.1 Å². The van der Waals surface area contributed by atoms with Gasteiger partial charge in [0.2, 0.25) is 10.0 Å². The predicted molar refractivity (Wildman–Crippen MR) is 114 cm³/mol. The number of rotatable bonds is 5. The van der Waals surface area contributed by atoms with Crippen molar-refractivity contribution in [1.29, 1.82) is 0 Å². The maximum absolute atomic E-state index is 13.2. The van der Waals surface area contributed by atoms with E-state index in [1.165, 1.54) is 16.8 Å². The minimum Gasteiger partial charge on any atom is -0.387 e. The number of nitrogens with one attached hydrogen (secondary N) is 2. The van der Waals surface area contributed by atoms with Crippen molar-refractivity contribution in [2.24, 2.45) is 16.7 Å². The number of carbonyl (C=O) groups excluding carboxylic acids is 1. The van der Waals surface area contributed by atoms with Crippen LogP contribution in [0.25, 0.3) is 0 Å². The smallest absolute Gasteiger partial charge is 0.251 e. The maximum atomic E-state index is 13.2. The van der Waals surface area contributed by atoms with Crippen LogP contribution in [0, 0.1) is 16.7 Å². The zero-order valence-corrected chi connectivity index (χ0v) is 18.7. The summed E-state index contributed by atoms with van der Waals surface area (Å²) in [5, 5.41) is 6.24. The second-order valence-electron chi connectivity index (χ2n) is 9.89. The standard InChI is InChI=1S/C22H33N3O3S/c1-21(2)16-9-10-22(3,14-16)20(21)24-19(26)15-7-8-17(23-4)18(13-15)29(27,28)25-11-5-6-12-25/h7-8,13,16,20,23H,5-6,9-12,14H2,1-4H3,(H,24,26)/t16-,20?,22?/m1/s1. The summed E-state index contributed by atoms with van der Waals surface area (Å²) in [7, 11) is -1.91. The Bertz CT molecular complexity index is 916. The van der Waals surface area contributed by atoms with Crippen LogP contribution < -0.4 is 10.6 Å². The van der Waals surface area contributed by atoms with Gasteiger partial charge in [-0.1, -0.05) is 20.8 Å². The van der Waals surface area contributed by atoms with Gasteiger partial charge in [-0.25, -0.2) is 8.42 Å². The molecule has 0 aromatic heterocycles. The Hall–Kier alpha value is -1.60. The Balaban J connectivity index is 1.63. The molecule has 3 atom stereocenters. The van der Waals surface area contributed by atoms with Gasteiger partial charge in [-0.2, -0.15) is 4.31 Å². The summed E-state index contributed by atoms with van der Waals surface area (Å²) >= 11 is 0. The summed E-state index contributed by atoms with van der Waals surface area (Å²) in [6, 6.07) is 5.05. The quantitative estimate of drug-likeness (QED) is 0.766. The van der Waals surface area contributed by atoms with E-state index in [0.717, 1.165) is 25.7 Å². The zero-order chi connectivity index (χ0) is 21.0.